The molecule has 0 aliphatic rings. The number of aryl methyl sites for hydroxylation is 2. The molecule has 0 atom stereocenters. The minimum atomic E-state index is -4.49. The fourth-order valence-corrected chi connectivity index (χ4v) is 3.15. The monoisotopic (exact) mass is 365 g/mol. The molecule has 3 aromatic rings. The van der Waals surface area contributed by atoms with E-state index in [0.717, 1.165) is 17.3 Å². The van der Waals surface area contributed by atoms with Crippen LogP contribution in [0.2, 0.25) is 0 Å². The van der Waals surface area contributed by atoms with E-state index in [1.54, 1.807) is 12.4 Å². The Labute approximate surface area is 145 Å². The molecule has 9 heteroatoms. The Morgan fingerprint density at radius 3 is 2.72 bits per heavy atom. The van der Waals surface area contributed by atoms with E-state index in [-0.39, 0.29) is 0 Å². The molecule has 25 heavy (non-hydrogen) atoms. The SMILES string of the molecule is C=C(Nc1cnc(-c2cc(C(F)(F)F)nn2C)s1)c1ncccc1C. The van der Waals surface area contributed by atoms with E-state index in [9.17, 15) is 13.2 Å². The highest BCUT2D eigenvalue weighted by molar-refractivity contribution is 7.19. The van der Waals surface area contributed by atoms with Crippen LogP contribution in [-0.2, 0) is 13.2 Å². The van der Waals surface area contributed by atoms with Gasteiger partial charge in [0.25, 0.3) is 0 Å². The molecule has 130 valence electrons. The molecule has 0 amide bonds. The molecule has 0 saturated heterocycles. The first-order valence-electron chi connectivity index (χ1n) is 7.21. The average Bonchev–Trinajstić information content (AvgIpc) is 3.13. The van der Waals surface area contributed by atoms with Crippen LogP contribution in [0.5, 0.6) is 0 Å². The molecule has 5 nitrogen and oxygen atoms in total. The van der Waals surface area contributed by atoms with Gasteiger partial charge in [-0.25, -0.2) is 4.98 Å². The van der Waals surface area contributed by atoms with Crippen LogP contribution in [0.1, 0.15) is 17.0 Å². The van der Waals surface area contributed by atoms with Crippen LogP contribution in [-0.4, -0.2) is 19.7 Å². The molecule has 0 fully saturated rings. The number of anilines is 1. The van der Waals surface area contributed by atoms with Crippen molar-refractivity contribution in [2.24, 2.45) is 7.05 Å². The molecule has 0 aliphatic heterocycles. The van der Waals surface area contributed by atoms with E-state index >= 15 is 0 Å². The van der Waals surface area contributed by atoms with Crippen molar-refractivity contribution in [3.63, 3.8) is 0 Å². The lowest BCUT2D eigenvalue weighted by Crippen LogP contribution is -2.06. The van der Waals surface area contributed by atoms with Crippen LogP contribution in [0.4, 0.5) is 18.2 Å². The summed E-state index contributed by atoms with van der Waals surface area (Å²) in [4.78, 5) is 8.45. The van der Waals surface area contributed by atoms with Gasteiger partial charge in [-0.2, -0.15) is 18.3 Å². The molecule has 0 aliphatic carbocycles. The maximum absolute atomic E-state index is 12.8. The van der Waals surface area contributed by atoms with Gasteiger partial charge in [0.15, 0.2) is 5.69 Å². The van der Waals surface area contributed by atoms with Crippen molar-refractivity contribution in [2.75, 3.05) is 5.32 Å². The standard InChI is InChI=1S/C16H14F3N5S/c1-9-5-4-6-20-14(9)10(2)22-13-8-21-15(25-13)11-7-12(16(17,18)19)23-24(11)3/h4-8,22H,2H2,1,3H3. The Morgan fingerprint density at radius 2 is 2.08 bits per heavy atom. The zero-order chi connectivity index (χ0) is 18.2. The number of nitrogens with one attached hydrogen (secondary N) is 1. The van der Waals surface area contributed by atoms with E-state index in [1.165, 1.54) is 23.1 Å². The molecule has 0 radical (unpaired) electrons. The van der Waals surface area contributed by atoms with Gasteiger partial charge >= 0.3 is 6.18 Å². The lowest BCUT2D eigenvalue weighted by molar-refractivity contribution is -0.141. The summed E-state index contributed by atoms with van der Waals surface area (Å²) in [6.45, 7) is 5.87. The van der Waals surface area contributed by atoms with Gasteiger partial charge in [0.2, 0.25) is 0 Å². The molecule has 0 unspecified atom stereocenters. The van der Waals surface area contributed by atoms with E-state index < -0.39 is 11.9 Å². The van der Waals surface area contributed by atoms with Gasteiger partial charge in [0, 0.05) is 13.2 Å². The van der Waals surface area contributed by atoms with Crippen LogP contribution >= 0.6 is 11.3 Å². The zero-order valence-electron chi connectivity index (χ0n) is 13.4. The number of nitrogens with zero attached hydrogens (tertiary/aromatic N) is 4. The van der Waals surface area contributed by atoms with E-state index in [0.29, 0.717) is 21.4 Å². The van der Waals surface area contributed by atoms with E-state index in [1.807, 2.05) is 19.1 Å². The van der Waals surface area contributed by atoms with Gasteiger partial charge in [0.05, 0.1) is 23.3 Å². The second kappa shape index (κ2) is 6.32. The molecule has 3 rings (SSSR count). The summed E-state index contributed by atoms with van der Waals surface area (Å²) in [5.74, 6) is 0. The first-order chi connectivity index (χ1) is 11.8. The molecular formula is C16H14F3N5S. The summed E-state index contributed by atoms with van der Waals surface area (Å²) in [6, 6.07) is 4.74. The molecule has 3 heterocycles. The predicted octanol–water partition coefficient (Wildman–Crippen LogP) is 4.35. The lowest BCUT2D eigenvalue weighted by Gasteiger charge is -2.08. The summed E-state index contributed by atoms with van der Waals surface area (Å²) in [6.07, 6.45) is -1.27. The number of rotatable bonds is 4. The molecular weight excluding hydrogens is 351 g/mol. The third-order valence-corrected chi connectivity index (χ3v) is 4.40. The molecule has 3 aromatic heterocycles. The average molecular weight is 365 g/mol. The smallest absolute Gasteiger partial charge is 0.345 e. The van der Waals surface area contributed by atoms with Gasteiger partial charge in [0.1, 0.15) is 10.0 Å². The third-order valence-electron chi connectivity index (χ3n) is 3.46. The number of hydrogen-bond donors (Lipinski definition) is 1. The number of alkyl halides is 3. The molecule has 0 saturated carbocycles. The highest BCUT2D eigenvalue weighted by Gasteiger charge is 2.35. The predicted molar refractivity (Wildman–Crippen MR) is 90.9 cm³/mol. The Kier molecular flexibility index (Phi) is 4.34. The fourth-order valence-electron chi connectivity index (χ4n) is 2.27. The van der Waals surface area contributed by atoms with Crippen molar-refractivity contribution in [3.05, 3.63) is 54.1 Å². The summed E-state index contributed by atoms with van der Waals surface area (Å²) in [5.41, 5.74) is 1.63. The molecule has 1 N–H and O–H groups in total. The van der Waals surface area contributed by atoms with Crippen LogP contribution < -0.4 is 5.32 Å². The van der Waals surface area contributed by atoms with Crippen LogP contribution in [0, 0.1) is 6.92 Å². The number of thiazole rings is 1. The number of pyridine rings is 1. The van der Waals surface area contributed by atoms with Crippen molar-refractivity contribution in [1.82, 2.24) is 19.7 Å². The Hall–Kier alpha value is -2.68. The molecule has 0 bridgehead atoms. The van der Waals surface area contributed by atoms with Gasteiger partial charge in [-0.1, -0.05) is 24.0 Å². The minimum absolute atomic E-state index is 0.296. The quantitative estimate of drug-likeness (QED) is 0.747. The van der Waals surface area contributed by atoms with Gasteiger partial charge in [-0.05, 0) is 24.6 Å². The first-order valence-corrected chi connectivity index (χ1v) is 8.02. The van der Waals surface area contributed by atoms with Crippen molar-refractivity contribution < 1.29 is 13.2 Å². The zero-order valence-corrected chi connectivity index (χ0v) is 14.2. The lowest BCUT2D eigenvalue weighted by atomic mass is 10.2. The number of halogens is 3. The van der Waals surface area contributed by atoms with Gasteiger partial charge in [-0.3, -0.25) is 9.67 Å². The maximum Gasteiger partial charge on any atom is 0.435 e. The fraction of sp³-hybridized carbons (Fsp3) is 0.188. The molecule has 0 spiro atoms. The van der Waals surface area contributed by atoms with Crippen molar-refractivity contribution in [2.45, 2.75) is 13.1 Å². The largest absolute Gasteiger partial charge is 0.435 e. The summed E-state index contributed by atoms with van der Waals surface area (Å²) in [7, 11) is 1.45. The Morgan fingerprint density at radius 1 is 1.32 bits per heavy atom. The van der Waals surface area contributed by atoms with Gasteiger partial charge in [-0.15, -0.1) is 0 Å². The van der Waals surface area contributed by atoms with Crippen LogP contribution in [0.15, 0.2) is 37.2 Å². The third kappa shape index (κ3) is 3.55. The van der Waals surface area contributed by atoms with E-state index in [2.05, 4.69) is 27.0 Å². The second-order valence-electron chi connectivity index (χ2n) is 5.34. The van der Waals surface area contributed by atoms with Crippen molar-refractivity contribution in [1.29, 1.82) is 0 Å². The van der Waals surface area contributed by atoms with Gasteiger partial charge < -0.3 is 5.32 Å². The normalized spacial score (nSPS) is 11.6. The Balaban J connectivity index is 1.83. The summed E-state index contributed by atoms with van der Waals surface area (Å²) in [5, 5.41) is 7.67. The first kappa shape index (κ1) is 17.2. The Bertz CT molecular complexity index is 926. The summed E-state index contributed by atoms with van der Waals surface area (Å²) >= 11 is 1.21. The highest BCUT2D eigenvalue weighted by Crippen LogP contribution is 2.34. The van der Waals surface area contributed by atoms with Crippen LogP contribution in [0.25, 0.3) is 16.4 Å². The number of hydrogen-bond acceptors (Lipinski definition) is 5. The topological polar surface area (TPSA) is 55.6 Å². The maximum atomic E-state index is 12.8. The highest BCUT2D eigenvalue weighted by atomic mass is 32.1. The van der Waals surface area contributed by atoms with E-state index in [4.69, 9.17) is 0 Å². The minimum Gasteiger partial charge on any atom is -0.345 e. The molecule has 0 aromatic carbocycles. The summed E-state index contributed by atoms with van der Waals surface area (Å²) < 4.78 is 39.5. The van der Waals surface area contributed by atoms with Crippen molar-refractivity contribution >= 4 is 22.0 Å². The second-order valence-corrected chi connectivity index (χ2v) is 6.37. The van der Waals surface area contributed by atoms with Crippen LogP contribution in [0.3, 0.4) is 0 Å². The van der Waals surface area contributed by atoms with Crippen molar-refractivity contribution in [3.8, 4) is 10.7 Å². The number of aromatic nitrogens is 4.